The fourth-order valence-corrected chi connectivity index (χ4v) is 6.13. The summed E-state index contributed by atoms with van der Waals surface area (Å²) in [6.07, 6.45) is 3.11. The van der Waals surface area contributed by atoms with E-state index in [1.807, 2.05) is 4.90 Å². The highest BCUT2D eigenvalue weighted by molar-refractivity contribution is 6.05. The molecular formula is C23H29N3O5. The Morgan fingerprint density at radius 2 is 1.94 bits per heavy atom. The van der Waals surface area contributed by atoms with Gasteiger partial charge in [0.25, 0.3) is 5.91 Å². The Bertz CT molecular complexity index is 961. The normalized spacial score (nSPS) is 30.7. The highest BCUT2D eigenvalue weighted by atomic mass is 16.7. The first kappa shape index (κ1) is 20.2. The summed E-state index contributed by atoms with van der Waals surface area (Å²) in [7, 11) is 0. The first-order valence-electron chi connectivity index (χ1n) is 10.9. The number of hydrogen-bond acceptors (Lipinski definition) is 5. The third-order valence-corrected chi connectivity index (χ3v) is 7.00. The van der Waals surface area contributed by atoms with Crippen LogP contribution in [0.1, 0.15) is 52.0 Å². The molecule has 4 aliphatic rings. The SMILES string of the molecule is CC1(C)CC2CC(C)(CN2C(=O)CC2NC(=O)N(Cc3ccc4c(c3)OCO4)C2=O)C1. The minimum absolute atomic E-state index is 0.00915. The molecule has 0 radical (unpaired) electrons. The average molecular weight is 428 g/mol. The number of ether oxygens (including phenoxy) is 2. The lowest BCUT2D eigenvalue weighted by molar-refractivity contribution is -0.136. The third-order valence-electron chi connectivity index (χ3n) is 7.00. The van der Waals surface area contributed by atoms with Gasteiger partial charge >= 0.3 is 6.03 Å². The lowest BCUT2D eigenvalue weighted by Gasteiger charge is -2.39. The molecule has 0 aromatic heterocycles. The van der Waals surface area contributed by atoms with Crippen molar-refractivity contribution in [2.45, 2.75) is 65.1 Å². The molecule has 3 unspecified atom stereocenters. The summed E-state index contributed by atoms with van der Waals surface area (Å²) in [6, 6.07) is 4.29. The quantitative estimate of drug-likeness (QED) is 0.747. The molecule has 3 aliphatic heterocycles. The van der Waals surface area contributed by atoms with Gasteiger partial charge in [0.05, 0.1) is 13.0 Å². The van der Waals surface area contributed by atoms with Gasteiger partial charge in [-0.25, -0.2) is 4.79 Å². The van der Waals surface area contributed by atoms with Gasteiger partial charge in [0, 0.05) is 12.6 Å². The van der Waals surface area contributed by atoms with Gasteiger partial charge in [-0.2, -0.15) is 0 Å². The Morgan fingerprint density at radius 3 is 2.74 bits per heavy atom. The van der Waals surface area contributed by atoms with Crippen molar-refractivity contribution in [3.05, 3.63) is 23.8 Å². The number of carbonyl (C=O) groups is 3. The number of rotatable bonds is 4. The van der Waals surface area contributed by atoms with Crippen LogP contribution in [0.2, 0.25) is 0 Å². The van der Waals surface area contributed by atoms with Crippen molar-refractivity contribution >= 4 is 17.8 Å². The Kier molecular flexibility index (Phi) is 4.46. The number of amides is 4. The van der Waals surface area contributed by atoms with Crippen molar-refractivity contribution in [2.75, 3.05) is 13.3 Å². The molecule has 8 nitrogen and oxygen atoms in total. The van der Waals surface area contributed by atoms with Crippen molar-refractivity contribution in [1.29, 1.82) is 0 Å². The summed E-state index contributed by atoms with van der Waals surface area (Å²) in [5.74, 6) is 0.852. The molecule has 31 heavy (non-hydrogen) atoms. The number of fused-ring (bicyclic) bond motifs is 3. The molecule has 0 spiro atoms. The molecule has 3 heterocycles. The number of imide groups is 1. The Morgan fingerprint density at radius 1 is 1.16 bits per heavy atom. The molecule has 1 N–H and O–H groups in total. The molecule has 5 rings (SSSR count). The highest BCUT2D eigenvalue weighted by Crippen LogP contribution is 2.52. The van der Waals surface area contributed by atoms with Crippen LogP contribution in [0.3, 0.4) is 0 Å². The summed E-state index contributed by atoms with van der Waals surface area (Å²) in [5.41, 5.74) is 1.12. The van der Waals surface area contributed by atoms with Crippen molar-refractivity contribution in [1.82, 2.24) is 15.1 Å². The molecule has 1 aromatic rings. The number of hydrogen-bond donors (Lipinski definition) is 1. The van der Waals surface area contributed by atoms with Gasteiger partial charge < -0.3 is 19.7 Å². The maximum Gasteiger partial charge on any atom is 0.325 e. The van der Waals surface area contributed by atoms with E-state index in [9.17, 15) is 14.4 Å². The second-order valence-corrected chi connectivity index (χ2v) is 10.6. The van der Waals surface area contributed by atoms with Crippen LogP contribution in [-0.4, -0.2) is 53.1 Å². The lowest BCUT2D eigenvalue weighted by atomic mass is 9.65. The van der Waals surface area contributed by atoms with Crippen LogP contribution < -0.4 is 14.8 Å². The van der Waals surface area contributed by atoms with Crippen LogP contribution >= 0.6 is 0 Å². The molecule has 3 atom stereocenters. The van der Waals surface area contributed by atoms with Crippen LogP contribution in [0.15, 0.2) is 18.2 Å². The van der Waals surface area contributed by atoms with E-state index in [1.54, 1.807) is 18.2 Å². The van der Waals surface area contributed by atoms with Crippen LogP contribution in [-0.2, 0) is 16.1 Å². The summed E-state index contributed by atoms with van der Waals surface area (Å²) in [6.45, 7) is 7.81. The summed E-state index contributed by atoms with van der Waals surface area (Å²) >= 11 is 0. The third kappa shape index (κ3) is 3.62. The second kappa shape index (κ2) is 6.87. The maximum absolute atomic E-state index is 13.1. The number of nitrogens with zero attached hydrogens (tertiary/aromatic N) is 2. The minimum Gasteiger partial charge on any atom is -0.454 e. The number of benzene rings is 1. The summed E-state index contributed by atoms with van der Waals surface area (Å²) in [5, 5.41) is 2.70. The van der Waals surface area contributed by atoms with Crippen molar-refractivity contribution in [3.8, 4) is 11.5 Å². The molecular weight excluding hydrogens is 398 g/mol. The predicted octanol–water partition coefficient (Wildman–Crippen LogP) is 2.65. The van der Waals surface area contributed by atoms with E-state index in [0.717, 1.165) is 31.4 Å². The number of urea groups is 1. The molecule has 8 heteroatoms. The first-order valence-corrected chi connectivity index (χ1v) is 10.9. The van der Waals surface area contributed by atoms with E-state index in [0.29, 0.717) is 11.5 Å². The van der Waals surface area contributed by atoms with Gasteiger partial charge in [-0.3, -0.25) is 14.5 Å². The highest BCUT2D eigenvalue weighted by Gasteiger charge is 2.51. The Labute approximate surface area is 181 Å². The van der Waals surface area contributed by atoms with E-state index >= 15 is 0 Å². The van der Waals surface area contributed by atoms with E-state index in [2.05, 4.69) is 26.1 Å². The van der Waals surface area contributed by atoms with Gasteiger partial charge in [0.2, 0.25) is 12.7 Å². The predicted molar refractivity (Wildman–Crippen MR) is 111 cm³/mol. The zero-order valence-electron chi connectivity index (χ0n) is 18.3. The molecule has 1 saturated carbocycles. The monoisotopic (exact) mass is 427 g/mol. The van der Waals surface area contributed by atoms with Gasteiger partial charge in [-0.1, -0.05) is 26.8 Å². The topological polar surface area (TPSA) is 88.2 Å². The van der Waals surface area contributed by atoms with Gasteiger partial charge in [-0.15, -0.1) is 0 Å². The minimum atomic E-state index is -0.810. The average Bonchev–Trinajstić information content (AvgIpc) is 3.31. The molecule has 3 fully saturated rings. The molecule has 1 aromatic carbocycles. The summed E-state index contributed by atoms with van der Waals surface area (Å²) in [4.78, 5) is 41.6. The molecule has 2 bridgehead atoms. The molecule has 166 valence electrons. The van der Waals surface area contributed by atoms with Crippen LogP contribution in [0.4, 0.5) is 4.79 Å². The van der Waals surface area contributed by atoms with Crippen molar-refractivity contribution in [3.63, 3.8) is 0 Å². The van der Waals surface area contributed by atoms with Crippen LogP contribution in [0, 0.1) is 10.8 Å². The fourth-order valence-electron chi connectivity index (χ4n) is 6.13. The van der Waals surface area contributed by atoms with Crippen molar-refractivity contribution in [2.24, 2.45) is 10.8 Å². The Hall–Kier alpha value is -2.77. The van der Waals surface area contributed by atoms with E-state index in [4.69, 9.17) is 9.47 Å². The fraction of sp³-hybridized carbons (Fsp3) is 0.609. The van der Waals surface area contributed by atoms with E-state index < -0.39 is 12.1 Å². The molecule has 2 saturated heterocycles. The van der Waals surface area contributed by atoms with Gasteiger partial charge in [-0.05, 0) is 47.8 Å². The smallest absolute Gasteiger partial charge is 0.325 e. The van der Waals surface area contributed by atoms with Crippen LogP contribution in [0.5, 0.6) is 11.5 Å². The largest absolute Gasteiger partial charge is 0.454 e. The first-order chi connectivity index (χ1) is 14.6. The standard InChI is InChI=1S/C23H29N3O5/c1-22(2)8-15-9-23(3,11-22)12-26(15)19(27)7-16-20(28)25(21(29)24-16)10-14-4-5-17-18(6-14)31-13-30-17/h4-6,15-16H,7-13H2,1-3H3,(H,24,29). The van der Waals surface area contributed by atoms with Gasteiger partial charge in [0.1, 0.15) is 6.04 Å². The summed E-state index contributed by atoms with van der Waals surface area (Å²) < 4.78 is 10.7. The van der Waals surface area contributed by atoms with Gasteiger partial charge in [0.15, 0.2) is 11.5 Å². The second-order valence-electron chi connectivity index (χ2n) is 10.6. The zero-order chi connectivity index (χ0) is 22.0. The maximum atomic E-state index is 13.1. The number of carbonyl (C=O) groups excluding carboxylic acids is 3. The van der Waals surface area contributed by atoms with Crippen molar-refractivity contribution < 1.29 is 23.9 Å². The van der Waals surface area contributed by atoms with E-state index in [1.165, 1.54) is 4.90 Å². The number of likely N-dealkylation sites (tertiary alicyclic amines) is 1. The molecule has 1 aliphatic carbocycles. The Balaban J connectivity index is 1.24. The molecule has 4 amide bonds. The number of nitrogens with one attached hydrogen (secondary N) is 1. The lowest BCUT2D eigenvalue weighted by Crippen LogP contribution is -2.42. The van der Waals surface area contributed by atoms with Crippen LogP contribution in [0.25, 0.3) is 0 Å². The zero-order valence-corrected chi connectivity index (χ0v) is 18.3. The van der Waals surface area contributed by atoms with E-state index in [-0.39, 0.29) is 48.4 Å².